The maximum absolute atomic E-state index is 11.7. The van der Waals surface area contributed by atoms with E-state index in [0.717, 1.165) is 0 Å². The normalized spacial score (nSPS) is 17.9. The molecule has 0 N–H and O–H groups in total. The van der Waals surface area contributed by atoms with Gasteiger partial charge in [-0.05, 0) is 41.5 Å². The minimum absolute atomic E-state index is 0.192. The van der Waals surface area contributed by atoms with Gasteiger partial charge in [-0.25, -0.2) is 0 Å². The van der Waals surface area contributed by atoms with Crippen molar-refractivity contribution in [3.63, 3.8) is 0 Å². The first-order chi connectivity index (χ1) is 6.05. The summed E-state index contributed by atoms with van der Waals surface area (Å²) in [5.41, 5.74) is 0. The molecule has 14 heavy (non-hydrogen) atoms. The highest BCUT2D eigenvalue weighted by Gasteiger charge is 2.23. The van der Waals surface area contributed by atoms with Crippen LogP contribution in [0, 0.1) is 0 Å². The second-order valence-electron chi connectivity index (χ2n) is 5.32. The third-order valence-corrected chi connectivity index (χ3v) is 5.96. The monoisotopic (exact) mass is 238 g/mol. The molecule has 0 aromatic rings. The first kappa shape index (κ1) is 14.3. The average molecular weight is 238 g/mol. The number of rotatable bonds is 3. The van der Waals surface area contributed by atoms with Crippen LogP contribution in [0.15, 0.2) is 0 Å². The van der Waals surface area contributed by atoms with Crippen LogP contribution in [-0.2, 0) is 21.6 Å². The largest absolute Gasteiger partial charge is 0.259 e. The molecule has 0 saturated carbocycles. The van der Waals surface area contributed by atoms with E-state index in [1.165, 1.54) is 0 Å². The molecule has 0 fully saturated rings. The van der Waals surface area contributed by atoms with Gasteiger partial charge in [0.25, 0.3) is 0 Å². The molecule has 0 heterocycles. The van der Waals surface area contributed by atoms with Crippen molar-refractivity contribution in [3.05, 3.63) is 0 Å². The van der Waals surface area contributed by atoms with E-state index in [9.17, 15) is 8.42 Å². The fourth-order valence-electron chi connectivity index (χ4n) is 0.764. The van der Waals surface area contributed by atoms with Crippen LogP contribution in [0.4, 0.5) is 0 Å². The highest BCUT2D eigenvalue weighted by atomic mass is 32.2. The SMILES string of the molecule is CC(C)(C)[S@](=O)CC[S@@](=O)C(C)(C)C. The summed E-state index contributed by atoms with van der Waals surface area (Å²) in [6.07, 6.45) is 0. The topological polar surface area (TPSA) is 34.1 Å². The Morgan fingerprint density at radius 2 is 0.929 bits per heavy atom. The van der Waals surface area contributed by atoms with Gasteiger partial charge in [-0.2, -0.15) is 0 Å². The van der Waals surface area contributed by atoms with Crippen molar-refractivity contribution in [1.82, 2.24) is 0 Å². The molecule has 0 spiro atoms. The van der Waals surface area contributed by atoms with Gasteiger partial charge in [0.15, 0.2) is 0 Å². The highest BCUT2D eigenvalue weighted by molar-refractivity contribution is 7.90. The molecule has 0 radical (unpaired) electrons. The predicted molar refractivity (Wildman–Crippen MR) is 65.5 cm³/mol. The van der Waals surface area contributed by atoms with Crippen LogP contribution in [0.3, 0.4) is 0 Å². The summed E-state index contributed by atoms with van der Waals surface area (Å²) in [4.78, 5) is 0. The van der Waals surface area contributed by atoms with Crippen LogP contribution < -0.4 is 0 Å². The van der Waals surface area contributed by atoms with Crippen molar-refractivity contribution in [2.75, 3.05) is 11.5 Å². The van der Waals surface area contributed by atoms with Gasteiger partial charge in [-0.15, -0.1) is 0 Å². The van der Waals surface area contributed by atoms with Gasteiger partial charge >= 0.3 is 0 Å². The van der Waals surface area contributed by atoms with Gasteiger partial charge in [-0.3, -0.25) is 8.42 Å². The Kier molecular flexibility index (Phi) is 4.99. The Balaban J connectivity index is 4.10. The van der Waals surface area contributed by atoms with Crippen LogP contribution in [0.25, 0.3) is 0 Å². The number of hydrogen-bond donors (Lipinski definition) is 0. The Morgan fingerprint density at radius 3 is 1.07 bits per heavy atom. The second-order valence-corrected chi connectivity index (χ2v) is 9.97. The molecule has 0 aromatic heterocycles. The van der Waals surface area contributed by atoms with E-state index in [2.05, 4.69) is 0 Å². The van der Waals surface area contributed by atoms with Gasteiger partial charge in [0.1, 0.15) is 0 Å². The van der Waals surface area contributed by atoms with E-state index >= 15 is 0 Å². The van der Waals surface area contributed by atoms with Gasteiger partial charge in [0, 0.05) is 42.6 Å². The highest BCUT2D eigenvalue weighted by Crippen LogP contribution is 2.15. The molecule has 0 rings (SSSR count). The zero-order chi connectivity index (χ0) is 11.6. The molecule has 0 aliphatic carbocycles. The van der Waals surface area contributed by atoms with Crippen LogP contribution in [-0.4, -0.2) is 29.4 Å². The molecule has 0 bridgehead atoms. The first-order valence-corrected chi connectivity index (χ1v) is 7.46. The smallest absolute Gasteiger partial charge is 0.0375 e. The fraction of sp³-hybridized carbons (Fsp3) is 1.00. The van der Waals surface area contributed by atoms with Crippen molar-refractivity contribution in [2.24, 2.45) is 0 Å². The van der Waals surface area contributed by atoms with E-state index in [4.69, 9.17) is 0 Å². The average Bonchev–Trinajstić information content (AvgIpc) is 1.95. The van der Waals surface area contributed by atoms with E-state index < -0.39 is 21.6 Å². The van der Waals surface area contributed by atoms with Gasteiger partial charge in [0.05, 0.1) is 0 Å². The zero-order valence-corrected chi connectivity index (χ0v) is 11.7. The lowest BCUT2D eigenvalue weighted by Gasteiger charge is -2.21. The van der Waals surface area contributed by atoms with Crippen LogP contribution in [0.1, 0.15) is 41.5 Å². The predicted octanol–water partition coefficient (Wildman–Crippen LogP) is 2.08. The quantitative estimate of drug-likeness (QED) is 0.754. The summed E-state index contributed by atoms with van der Waals surface area (Å²) in [6.45, 7) is 11.7. The van der Waals surface area contributed by atoms with E-state index in [-0.39, 0.29) is 9.49 Å². The van der Waals surface area contributed by atoms with Crippen molar-refractivity contribution in [3.8, 4) is 0 Å². The first-order valence-electron chi connectivity index (χ1n) is 4.82. The zero-order valence-electron chi connectivity index (χ0n) is 10.0. The third kappa shape index (κ3) is 5.25. The molecule has 0 aromatic carbocycles. The molecular weight excluding hydrogens is 216 g/mol. The Morgan fingerprint density at radius 1 is 0.714 bits per heavy atom. The lowest BCUT2D eigenvalue weighted by molar-refractivity contribution is 0.643. The second kappa shape index (κ2) is 4.88. The maximum atomic E-state index is 11.7. The molecule has 0 aliphatic rings. The van der Waals surface area contributed by atoms with E-state index in [0.29, 0.717) is 11.5 Å². The minimum atomic E-state index is -0.886. The molecule has 0 unspecified atom stereocenters. The van der Waals surface area contributed by atoms with Crippen molar-refractivity contribution < 1.29 is 8.42 Å². The van der Waals surface area contributed by atoms with E-state index in [1.807, 2.05) is 41.5 Å². The molecule has 86 valence electrons. The Hall–Kier alpha value is 0.300. The minimum Gasteiger partial charge on any atom is -0.259 e. The van der Waals surface area contributed by atoms with Crippen LogP contribution in [0.5, 0.6) is 0 Å². The third-order valence-electron chi connectivity index (χ3n) is 1.82. The summed E-state index contributed by atoms with van der Waals surface area (Å²) < 4.78 is 23.0. The van der Waals surface area contributed by atoms with Crippen LogP contribution in [0.2, 0.25) is 0 Å². The summed E-state index contributed by atoms with van der Waals surface area (Å²) in [7, 11) is -1.77. The molecular formula is C10H22O2S2. The van der Waals surface area contributed by atoms with E-state index in [1.54, 1.807) is 0 Å². The number of hydrogen-bond acceptors (Lipinski definition) is 2. The Bertz CT molecular complexity index is 207. The lowest BCUT2D eigenvalue weighted by atomic mass is 10.3. The lowest BCUT2D eigenvalue weighted by Crippen LogP contribution is -2.30. The van der Waals surface area contributed by atoms with Crippen LogP contribution >= 0.6 is 0 Å². The molecule has 2 atom stereocenters. The molecule has 0 aliphatic heterocycles. The molecule has 2 nitrogen and oxygen atoms in total. The molecule has 4 heteroatoms. The standard InChI is InChI=1S/C10H22O2S2/c1-9(2,3)13(11)7-8-14(12)10(4,5)6/h7-8H2,1-6H3/t13-,14-/m1/s1. The van der Waals surface area contributed by atoms with Gasteiger partial charge < -0.3 is 0 Å². The molecule has 0 amide bonds. The van der Waals surface area contributed by atoms with Gasteiger partial charge in [0.2, 0.25) is 0 Å². The van der Waals surface area contributed by atoms with Gasteiger partial charge in [-0.1, -0.05) is 0 Å². The van der Waals surface area contributed by atoms with Crippen molar-refractivity contribution in [2.45, 2.75) is 51.0 Å². The summed E-state index contributed by atoms with van der Waals surface area (Å²) in [5, 5.41) is 0. The summed E-state index contributed by atoms with van der Waals surface area (Å²) in [5.74, 6) is 1.07. The van der Waals surface area contributed by atoms with Crippen molar-refractivity contribution >= 4 is 21.6 Å². The van der Waals surface area contributed by atoms with Crippen molar-refractivity contribution in [1.29, 1.82) is 0 Å². The molecule has 0 saturated heterocycles. The summed E-state index contributed by atoms with van der Waals surface area (Å²) in [6, 6.07) is 0. The fourth-order valence-corrected chi connectivity index (χ4v) is 3.20. The summed E-state index contributed by atoms with van der Waals surface area (Å²) >= 11 is 0. The maximum Gasteiger partial charge on any atom is 0.0375 e. The Labute approximate surface area is 92.8 Å².